The van der Waals surface area contributed by atoms with E-state index in [2.05, 4.69) is 32.0 Å². The number of phenols is 1. The van der Waals surface area contributed by atoms with Crippen LogP contribution in [0.4, 0.5) is 0 Å². The Bertz CT molecular complexity index is 498. The zero-order valence-corrected chi connectivity index (χ0v) is 9.41. The molecular formula is C14H16O. The Morgan fingerprint density at radius 1 is 1.07 bits per heavy atom. The van der Waals surface area contributed by atoms with Crippen molar-refractivity contribution < 1.29 is 5.11 Å². The second kappa shape index (κ2) is 3.58. The predicted molar refractivity (Wildman–Crippen MR) is 64.4 cm³/mol. The van der Waals surface area contributed by atoms with E-state index in [4.69, 9.17) is 0 Å². The van der Waals surface area contributed by atoms with Crippen LogP contribution in [0.1, 0.15) is 30.9 Å². The van der Waals surface area contributed by atoms with Gasteiger partial charge in [-0.1, -0.05) is 38.1 Å². The number of phenolic OH excluding ortho intramolecular Hbond substituents is 1. The van der Waals surface area contributed by atoms with E-state index in [1.807, 2.05) is 13.0 Å². The number of fused-ring (bicyclic) bond motifs is 1. The molecule has 1 N–H and O–H groups in total. The summed E-state index contributed by atoms with van der Waals surface area (Å²) >= 11 is 0. The van der Waals surface area contributed by atoms with Gasteiger partial charge in [-0.2, -0.15) is 0 Å². The van der Waals surface area contributed by atoms with Crippen LogP contribution in [0.3, 0.4) is 0 Å². The highest BCUT2D eigenvalue weighted by Crippen LogP contribution is 2.28. The number of hydrogen-bond donors (Lipinski definition) is 1. The normalized spacial score (nSPS) is 11.2. The first-order chi connectivity index (χ1) is 7.09. The largest absolute Gasteiger partial charge is 0.508 e. The third-order valence-corrected chi connectivity index (χ3v) is 2.95. The molecule has 0 fully saturated rings. The Kier molecular flexibility index (Phi) is 2.39. The number of aromatic hydroxyl groups is 1. The molecule has 0 spiro atoms. The summed E-state index contributed by atoms with van der Waals surface area (Å²) in [4.78, 5) is 0. The van der Waals surface area contributed by atoms with Crippen molar-refractivity contribution in [2.24, 2.45) is 0 Å². The summed E-state index contributed by atoms with van der Waals surface area (Å²) in [6, 6.07) is 10.2. The monoisotopic (exact) mass is 200 g/mol. The van der Waals surface area contributed by atoms with Crippen LogP contribution < -0.4 is 0 Å². The first-order valence-corrected chi connectivity index (χ1v) is 5.32. The van der Waals surface area contributed by atoms with Crippen LogP contribution >= 0.6 is 0 Å². The smallest absolute Gasteiger partial charge is 0.119 e. The first-order valence-electron chi connectivity index (χ1n) is 5.32. The van der Waals surface area contributed by atoms with Crippen LogP contribution in [0.25, 0.3) is 10.8 Å². The lowest BCUT2D eigenvalue weighted by Gasteiger charge is -2.09. The molecule has 2 aromatic rings. The molecule has 0 bridgehead atoms. The summed E-state index contributed by atoms with van der Waals surface area (Å²) in [5, 5.41) is 11.9. The molecule has 78 valence electrons. The van der Waals surface area contributed by atoms with E-state index < -0.39 is 0 Å². The molecule has 0 saturated carbocycles. The van der Waals surface area contributed by atoms with E-state index in [1.165, 1.54) is 10.9 Å². The number of hydrogen-bond acceptors (Lipinski definition) is 1. The van der Waals surface area contributed by atoms with Crippen molar-refractivity contribution in [1.82, 2.24) is 0 Å². The highest BCUT2D eigenvalue weighted by molar-refractivity contribution is 5.88. The fourth-order valence-electron chi connectivity index (χ4n) is 1.85. The van der Waals surface area contributed by atoms with E-state index in [1.54, 1.807) is 6.07 Å². The van der Waals surface area contributed by atoms with Gasteiger partial charge in [0.15, 0.2) is 0 Å². The molecule has 15 heavy (non-hydrogen) atoms. The van der Waals surface area contributed by atoms with E-state index in [0.717, 1.165) is 10.9 Å². The van der Waals surface area contributed by atoms with E-state index in [0.29, 0.717) is 11.7 Å². The van der Waals surface area contributed by atoms with Gasteiger partial charge in [0.05, 0.1) is 0 Å². The Morgan fingerprint density at radius 3 is 2.47 bits per heavy atom. The fourth-order valence-corrected chi connectivity index (χ4v) is 1.85. The molecule has 2 aromatic carbocycles. The molecule has 0 radical (unpaired) electrons. The van der Waals surface area contributed by atoms with E-state index in [-0.39, 0.29) is 0 Å². The minimum atomic E-state index is 0.375. The Hall–Kier alpha value is -1.50. The van der Waals surface area contributed by atoms with Crippen molar-refractivity contribution in [2.75, 3.05) is 0 Å². The Labute approximate surface area is 90.4 Å². The molecule has 1 nitrogen and oxygen atoms in total. The van der Waals surface area contributed by atoms with Gasteiger partial charge in [0.1, 0.15) is 5.75 Å². The molecule has 0 saturated heterocycles. The van der Waals surface area contributed by atoms with Crippen LogP contribution in [-0.4, -0.2) is 5.11 Å². The van der Waals surface area contributed by atoms with Crippen LogP contribution in [0.5, 0.6) is 5.75 Å². The summed E-state index contributed by atoms with van der Waals surface area (Å²) in [5.74, 6) is 0.920. The van der Waals surface area contributed by atoms with Gasteiger partial charge in [-0.15, -0.1) is 0 Å². The van der Waals surface area contributed by atoms with Gasteiger partial charge in [0.25, 0.3) is 0 Å². The summed E-state index contributed by atoms with van der Waals surface area (Å²) < 4.78 is 0. The van der Waals surface area contributed by atoms with Crippen molar-refractivity contribution in [3.63, 3.8) is 0 Å². The maximum atomic E-state index is 9.60. The zero-order valence-electron chi connectivity index (χ0n) is 9.41. The standard InChI is InChI=1S/C14H16O/c1-9(2)11-4-6-13-10(3)14(15)7-5-12(13)8-11/h4-9,15H,1-3H3. The second-order valence-corrected chi connectivity index (χ2v) is 4.34. The van der Waals surface area contributed by atoms with Crippen molar-refractivity contribution in [3.8, 4) is 5.75 Å². The second-order valence-electron chi connectivity index (χ2n) is 4.34. The summed E-state index contributed by atoms with van der Waals surface area (Å²) in [5.41, 5.74) is 2.30. The minimum absolute atomic E-state index is 0.375. The van der Waals surface area contributed by atoms with Gasteiger partial charge in [0, 0.05) is 0 Å². The zero-order chi connectivity index (χ0) is 11.0. The molecule has 0 unspecified atom stereocenters. The van der Waals surface area contributed by atoms with Crippen molar-refractivity contribution in [2.45, 2.75) is 26.7 Å². The first kappa shape index (κ1) is 10.0. The van der Waals surface area contributed by atoms with Gasteiger partial charge in [-0.3, -0.25) is 0 Å². The summed E-state index contributed by atoms with van der Waals surface area (Å²) in [7, 11) is 0. The molecule has 0 amide bonds. The number of benzene rings is 2. The summed E-state index contributed by atoms with van der Waals surface area (Å²) in [6.45, 7) is 6.33. The molecule has 0 aliphatic carbocycles. The average Bonchev–Trinajstić information content (AvgIpc) is 2.23. The molecule has 0 atom stereocenters. The fraction of sp³-hybridized carbons (Fsp3) is 0.286. The van der Waals surface area contributed by atoms with Crippen LogP contribution in [0.15, 0.2) is 30.3 Å². The SMILES string of the molecule is Cc1c(O)ccc2cc(C(C)C)ccc12. The van der Waals surface area contributed by atoms with Crippen LogP contribution in [-0.2, 0) is 0 Å². The lowest BCUT2D eigenvalue weighted by atomic mass is 9.97. The Morgan fingerprint density at radius 2 is 1.80 bits per heavy atom. The lowest BCUT2D eigenvalue weighted by Crippen LogP contribution is -1.88. The lowest BCUT2D eigenvalue weighted by molar-refractivity contribution is 0.472. The third kappa shape index (κ3) is 1.70. The van der Waals surface area contributed by atoms with Gasteiger partial charge < -0.3 is 5.11 Å². The highest BCUT2D eigenvalue weighted by atomic mass is 16.3. The van der Waals surface area contributed by atoms with Crippen molar-refractivity contribution >= 4 is 10.8 Å². The van der Waals surface area contributed by atoms with Gasteiger partial charge in [-0.25, -0.2) is 0 Å². The number of aryl methyl sites for hydroxylation is 1. The van der Waals surface area contributed by atoms with Crippen LogP contribution in [0.2, 0.25) is 0 Å². The summed E-state index contributed by atoms with van der Waals surface area (Å²) in [6.07, 6.45) is 0. The van der Waals surface area contributed by atoms with Gasteiger partial charge >= 0.3 is 0 Å². The highest BCUT2D eigenvalue weighted by Gasteiger charge is 2.04. The van der Waals surface area contributed by atoms with Crippen molar-refractivity contribution in [1.29, 1.82) is 0 Å². The van der Waals surface area contributed by atoms with Crippen LogP contribution in [0, 0.1) is 6.92 Å². The number of rotatable bonds is 1. The minimum Gasteiger partial charge on any atom is -0.508 e. The third-order valence-electron chi connectivity index (χ3n) is 2.95. The van der Waals surface area contributed by atoms with Crippen molar-refractivity contribution in [3.05, 3.63) is 41.5 Å². The molecule has 0 aliphatic rings. The average molecular weight is 200 g/mol. The topological polar surface area (TPSA) is 20.2 Å². The maximum Gasteiger partial charge on any atom is 0.119 e. The molecule has 1 heteroatoms. The maximum absolute atomic E-state index is 9.60. The van der Waals surface area contributed by atoms with Gasteiger partial charge in [0.2, 0.25) is 0 Å². The Balaban J connectivity index is 2.70. The molecular weight excluding hydrogens is 184 g/mol. The van der Waals surface area contributed by atoms with Gasteiger partial charge in [-0.05, 0) is 40.8 Å². The molecule has 0 aromatic heterocycles. The van der Waals surface area contributed by atoms with E-state index in [9.17, 15) is 5.11 Å². The quantitative estimate of drug-likeness (QED) is 0.738. The molecule has 0 aliphatic heterocycles. The molecule has 0 heterocycles. The molecule has 2 rings (SSSR count). The van der Waals surface area contributed by atoms with E-state index >= 15 is 0 Å². The predicted octanol–water partition coefficient (Wildman–Crippen LogP) is 3.98.